The van der Waals surface area contributed by atoms with Crippen LogP contribution in [-0.4, -0.2) is 44.8 Å². The quantitative estimate of drug-likeness (QED) is 0.298. The van der Waals surface area contributed by atoms with Crippen molar-refractivity contribution >= 4 is 35.8 Å². The molecule has 1 aromatic carbocycles. The number of halogens is 3. The van der Waals surface area contributed by atoms with Crippen molar-refractivity contribution in [2.24, 2.45) is 4.99 Å². The molecular formula is C21H28F2IN5O2. The summed E-state index contributed by atoms with van der Waals surface area (Å²) < 4.78 is 35.1. The number of methoxy groups -OCH3 is 1. The van der Waals surface area contributed by atoms with Crippen LogP contribution in [0.5, 0.6) is 11.5 Å². The van der Waals surface area contributed by atoms with Crippen LogP contribution in [0.2, 0.25) is 0 Å². The molecule has 0 radical (unpaired) electrons. The summed E-state index contributed by atoms with van der Waals surface area (Å²) in [5.74, 6) is 2.18. The molecule has 2 heterocycles. The van der Waals surface area contributed by atoms with Crippen molar-refractivity contribution < 1.29 is 18.3 Å². The number of anilines is 1. The van der Waals surface area contributed by atoms with Gasteiger partial charge in [0.2, 0.25) is 0 Å². The van der Waals surface area contributed by atoms with E-state index >= 15 is 0 Å². The number of nitrogens with zero attached hydrogens (tertiary/aromatic N) is 3. The number of guanidine groups is 1. The zero-order valence-electron chi connectivity index (χ0n) is 17.6. The highest BCUT2D eigenvalue weighted by molar-refractivity contribution is 14.0. The van der Waals surface area contributed by atoms with E-state index in [0.717, 1.165) is 24.5 Å². The number of nitrogens with one attached hydrogen (secondary N) is 2. The summed E-state index contributed by atoms with van der Waals surface area (Å²) in [6.45, 7) is -0.00680. The third-order valence-corrected chi connectivity index (χ3v) is 4.85. The van der Waals surface area contributed by atoms with Crippen molar-refractivity contribution in [3.8, 4) is 11.5 Å². The van der Waals surface area contributed by atoms with Gasteiger partial charge in [0.05, 0.1) is 7.11 Å². The fourth-order valence-corrected chi connectivity index (χ4v) is 3.27. The second-order valence-electron chi connectivity index (χ2n) is 6.85. The zero-order valence-corrected chi connectivity index (χ0v) is 19.9. The van der Waals surface area contributed by atoms with Gasteiger partial charge in [-0.25, -0.2) is 4.98 Å². The minimum absolute atomic E-state index is 0. The van der Waals surface area contributed by atoms with Gasteiger partial charge in [0.15, 0.2) is 5.96 Å². The summed E-state index contributed by atoms with van der Waals surface area (Å²) in [7, 11) is 3.16. The first-order valence-electron chi connectivity index (χ1n) is 9.85. The van der Waals surface area contributed by atoms with Crippen LogP contribution in [0.4, 0.5) is 14.6 Å². The second kappa shape index (κ2) is 12.5. The van der Waals surface area contributed by atoms with Crippen LogP contribution < -0.4 is 25.0 Å². The van der Waals surface area contributed by atoms with Crippen LogP contribution in [0, 0.1) is 0 Å². The number of rotatable bonds is 8. The van der Waals surface area contributed by atoms with E-state index in [9.17, 15) is 8.78 Å². The highest BCUT2D eigenvalue weighted by atomic mass is 127. The summed E-state index contributed by atoms with van der Waals surface area (Å²) in [5.41, 5.74) is 1.55. The highest BCUT2D eigenvalue weighted by Crippen LogP contribution is 2.25. The Morgan fingerprint density at radius 1 is 1.16 bits per heavy atom. The molecule has 1 aliphatic heterocycles. The molecule has 0 amide bonds. The summed E-state index contributed by atoms with van der Waals surface area (Å²) in [4.78, 5) is 11.0. The van der Waals surface area contributed by atoms with Gasteiger partial charge in [-0.15, -0.1) is 24.0 Å². The summed E-state index contributed by atoms with van der Waals surface area (Å²) >= 11 is 0. The predicted octanol–water partition coefficient (Wildman–Crippen LogP) is 3.78. The van der Waals surface area contributed by atoms with E-state index in [-0.39, 0.29) is 36.3 Å². The average Bonchev–Trinajstić information content (AvgIpc) is 3.29. The summed E-state index contributed by atoms with van der Waals surface area (Å²) in [6, 6.07) is 8.76. The lowest BCUT2D eigenvalue weighted by atomic mass is 10.2. The molecule has 0 atom stereocenters. The van der Waals surface area contributed by atoms with Crippen LogP contribution in [0.25, 0.3) is 0 Å². The number of pyridine rings is 1. The van der Waals surface area contributed by atoms with E-state index in [1.54, 1.807) is 19.2 Å². The smallest absolute Gasteiger partial charge is 0.387 e. The molecule has 170 valence electrons. The van der Waals surface area contributed by atoms with Crippen LogP contribution in [0.15, 0.2) is 41.5 Å². The monoisotopic (exact) mass is 547 g/mol. The lowest BCUT2D eigenvalue weighted by Crippen LogP contribution is -2.36. The Balaban J connectivity index is 0.00000341. The predicted molar refractivity (Wildman–Crippen MR) is 128 cm³/mol. The molecule has 7 nitrogen and oxygen atoms in total. The van der Waals surface area contributed by atoms with E-state index in [1.807, 2.05) is 18.3 Å². The van der Waals surface area contributed by atoms with Crippen LogP contribution in [0.3, 0.4) is 0 Å². The molecule has 0 saturated carbocycles. The van der Waals surface area contributed by atoms with Gasteiger partial charge in [-0.2, -0.15) is 8.78 Å². The van der Waals surface area contributed by atoms with E-state index in [2.05, 4.69) is 30.2 Å². The molecule has 3 rings (SSSR count). The van der Waals surface area contributed by atoms with Gasteiger partial charge in [0.25, 0.3) is 0 Å². The summed E-state index contributed by atoms with van der Waals surface area (Å²) in [6.07, 6.45) is 4.28. The maximum absolute atomic E-state index is 12.7. The molecule has 0 aliphatic carbocycles. The number of aromatic nitrogens is 1. The van der Waals surface area contributed by atoms with E-state index < -0.39 is 6.61 Å². The lowest BCUT2D eigenvalue weighted by Gasteiger charge is -2.17. The number of aliphatic imine (C=N–C) groups is 1. The molecule has 2 aromatic rings. The fraction of sp³-hybridized carbons (Fsp3) is 0.429. The average molecular weight is 547 g/mol. The molecule has 0 spiro atoms. The molecule has 2 N–H and O–H groups in total. The molecule has 1 aromatic heterocycles. The van der Waals surface area contributed by atoms with E-state index in [0.29, 0.717) is 23.8 Å². The number of hydrogen-bond donors (Lipinski definition) is 2. The first-order valence-corrected chi connectivity index (χ1v) is 9.85. The first kappa shape index (κ1) is 24.9. The maximum Gasteiger partial charge on any atom is 0.387 e. The van der Waals surface area contributed by atoms with Crippen molar-refractivity contribution in [1.29, 1.82) is 0 Å². The topological polar surface area (TPSA) is 71.0 Å². The molecule has 0 unspecified atom stereocenters. The van der Waals surface area contributed by atoms with Gasteiger partial charge in [-0.1, -0.05) is 6.07 Å². The van der Waals surface area contributed by atoms with Crippen molar-refractivity contribution in [2.45, 2.75) is 32.5 Å². The van der Waals surface area contributed by atoms with Gasteiger partial charge >= 0.3 is 6.61 Å². The minimum atomic E-state index is -2.90. The third-order valence-electron chi connectivity index (χ3n) is 4.85. The molecule has 1 aliphatic rings. The van der Waals surface area contributed by atoms with Crippen molar-refractivity contribution in [3.63, 3.8) is 0 Å². The Kier molecular flexibility index (Phi) is 10.0. The van der Waals surface area contributed by atoms with Crippen molar-refractivity contribution in [3.05, 3.63) is 47.7 Å². The van der Waals surface area contributed by atoms with Crippen molar-refractivity contribution in [2.75, 3.05) is 32.1 Å². The van der Waals surface area contributed by atoms with E-state index in [4.69, 9.17) is 4.74 Å². The Labute approximate surface area is 198 Å². The Bertz CT molecular complexity index is 846. The van der Waals surface area contributed by atoms with Crippen LogP contribution in [0.1, 0.15) is 24.0 Å². The molecule has 1 saturated heterocycles. The Morgan fingerprint density at radius 3 is 2.52 bits per heavy atom. The van der Waals surface area contributed by atoms with Gasteiger partial charge in [-0.3, -0.25) is 4.99 Å². The standard InChI is InChI=1S/C21H27F2N5O2.HI/c1-24-21(26-13-15-5-8-19(25-12-15)28-9-3-4-10-28)27-14-16-11-17(29-2)6-7-18(16)30-20(22)23;/h5-8,11-12,20H,3-4,9-10,13-14H2,1-2H3,(H2,24,26,27);1H. The number of ether oxygens (including phenoxy) is 2. The highest BCUT2D eigenvalue weighted by Gasteiger charge is 2.14. The summed E-state index contributed by atoms with van der Waals surface area (Å²) in [5, 5.41) is 6.31. The largest absolute Gasteiger partial charge is 0.497 e. The van der Waals surface area contributed by atoms with Crippen molar-refractivity contribution in [1.82, 2.24) is 15.6 Å². The Hall–Kier alpha value is -2.37. The van der Waals surface area contributed by atoms with E-state index in [1.165, 1.54) is 26.0 Å². The Morgan fingerprint density at radius 2 is 1.90 bits per heavy atom. The molecule has 10 heteroatoms. The minimum Gasteiger partial charge on any atom is -0.497 e. The molecule has 31 heavy (non-hydrogen) atoms. The normalized spacial score (nSPS) is 13.7. The molecular weight excluding hydrogens is 519 g/mol. The van der Waals surface area contributed by atoms with Gasteiger partial charge in [0.1, 0.15) is 17.3 Å². The molecule has 0 bridgehead atoms. The molecule has 1 fully saturated rings. The number of alkyl halides is 2. The fourth-order valence-electron chi connectivity index (χ4n) is 3.27. The van der Waals surface area contributed by atoms with Crippen LogP contribution >= 0.6 is 24.0 Å². The zero-order chi connectivity index (χ0) is 21.3. The lowest BCUT2D eigenvalue weighted by molar-refractivity contribution is -0.0504. The third kappa shape index (κ3) is 7.37. The van der Waals surface area contributed by atoms with Gasteiger partial charge in [0, 0.05) is 45.0 Å². The maximum atomic E-state index is 12.7. The van der Waals surface area contributed by atoms with Gasteiger partial charge in [-0.05, 0) is 42.7 Å². The number of benzene rings is 1. The van der Waals surface area contributed by atoms with Gasteiger partial charge < -0.3 is 25.0 Å². The second-order valence-corrected chi connectivity index (χ2v) is 6.85. The SMILES string of the molecule is CN=C(NCc1ccc(N2CCCC2)nc1)NCc1cc(OC)ccc1OC(F)F.I. The first-order chi connectivity index (χ1) is 14.6. The van der Waals surface area contributed by atoms with Crippen LogP contribution in [-0.2, 0) is 13.1 Å². The number of hydrogen-bond acceptors (Lipinski definition) is 5.